The third-order valence-electron chi connectivity index (χ3n) is 11.8. The second-order valence-corrected chi connectivity index (χ2v) is 15.4. The van der Waals surface area contributed by atoms with Crippen molar-refractivity contribution in [2.45, 2.75) is 0 Å². The average Bonchev–Trinajstić information content (AvgIpc) is 3.31. The SMILES string of the molecule is c1cc(-c2ccc(N(c3ccc(-c4ccc5ccccc5c4)cc3)c3cccc(-c4cccc5c4ccc4ccccc45)c3)cc2)cc(-c2ccc3ccccc3c2)c1. The first kappa shape index (κ1) is 34.5. The van der Waals surface area contributed by atoms with E-state index in [1.807, 2.05) is 0 Å². The lowest BCUT2D eigenvalue weighted by molar-refractivity contribution is 1.28. The van der Waals surface area contributed by atoms with Crippen LogP contribution in [-0.2, 0) is 0 Å². The molecule has 0 fully saturated rings. The molecule has 0 heterocycles. The maximum atomic E-state index is 2.38. The minimum Gasteiger partial charge on any atom is -0.310 e. The summed E-state index contributed by atoms with van der Waals surface area (Å²) in [5.74, 6) is 0. The van der Waals surface area contributed by atoms with Crippen molar-refractivity contribution in [1.82, 2.24) is 0 Å². The van der Waals surface area contributed by atoms with Crippen molar-refractivity contribution in [3.05, 3.63) is 237 Å². The molecule has 0 aliphatic rings. The normalized spacial score (nSPS) is 11.4. The van der Waals surface area contributed by atoms with Gasteiger partial charge in [-0.25, -0.2) is 0 Å². The van der Waals surface area contributed by atoms with Crippen LogP contribution in [0.5, 0.6) is 0 Å². The second-order valence-electron chi connectivity index (χ2n) is 15.4. The van der Waals surface area contributed by atoms with Crippen LogP contribution in [0.4, 0.5) is 17.1 Å². The van der Waals surface area contributed by atoms with Gasteiger partial charge in [0.15, 0.2) is 0 Å². The van der Waals surface area contributed by atoms with Crippen LogP contribution in [0, 0.1) is 0 Å². The van der Waals surface area contributed by atoms with Gasteiger partial charge in [-0.15, -0.1) is 0 Å². The highest BCUT2D eigenvalue weighted by Gasteiger charge is 2.16. The molecule has 1 heteroatoms. The van der Waals surface area contributed by atoms with Gasteiger partial charge in [-0.2, -0.15) is 0 Å². The summed E-state index contributed by atoms with van der Waals surface area (Å²) in [4.78, 5) is 2.38. The summed E-state index contributed by atoms with van der Waals surface area (Å²) in [6, 6.07) is 86.3. The summed E-state index contributed by atoms with van der Waals surface area (Å²) < 4.78 is 0. The fourth-order valence-corrected chi connectivity index (χ4v) is 8.77. The zero-order chi connectivity index (χ0) is 39.1. The predicted octanol–water partition coefficient (Wildman–Crippen LogP) is 16.4. The van der Waals surface area contributed by atoms with Gasteiger partial charge in [-0.05, 0) is 142 Å². The minimum absolute atomic E-state index is 1.10. The standard InChI is InChI=1S/C58H39N/c1-3-13-45-37-49(24-22-40(45)10-1)43-28-33-53(34-29-43)59(54-18-8-17-51(39-54)56-20-9-21-57-55-19-6-5-12-44(55)30-35-58(56)57)52-31-26-42(27-32-52)47-15-7-16-48(36-47)50-25-23-41-11-2-4-14-46(41)38-50/h1-39H. The third kappa shape index (κ3) is 6.49. The first-order valence-corrected chi connectivity index (χ1v) is 20.3. The number of benzene rings is 11. The van der Waals surface area contributed by atoms with Crippen LogP contribution in [0.15, 0.2) is 237 Å². The highest BCUT2D eigenvalue weighted by atomic mass is 15.1. The van der Waals surface area contributed by atoms with Gasteiger partial charge in [-0.1, -0.05) is 182 Å². The zero-order valence-corrected chi connectivity index (χ0v) is 32.5. The van der Waals surface area contributed by atoms with Gasteiger partial charge in [0.1, 0.15) is 0 Å². The second kappa shape index (κ2) is 14.6. The molecule has 0 amide bonds. The van der Waals surface area contributed by atoms with E-state index >= 15 is 0 Å². The van der Waals surface area contributed by atoms with Gasteiger partial charge in [0.05, 0.1) is 0 Å². The topological polar surface area (TPSA) is 3.24 Å². The molecule has 0 aliphatic heterocycles. The molecule has 1 nitrogen and oxygen atoms in total. The molecule has 0 atom stereocenters. The van der Waals surface area contributed by atoms with Crippen molar-refractivity contribution in [1.29, 1.82) is 0 Å². The van der Waals surface area contributed by atoms with Gasteiger partial charge in [-0.3, -0.25) is 0 Å². The summed E-state index contributed by atoms with van der Waals surface area (Å²) in [6.07, 6.45) is 0. The Morgan fingerprint density at radius 1 is 0.203 bits per heavy atom. The largest absolute Gasteiger partial charge is 0.310 e. The van der Waals surface area contributed by atoms with Gasteiger partial charge in [0.25, 0.3) is 0 Å². The van der Waals surface area contributed by atoms with Crippen molar-refractivity contribution in [2.24, 2.45) is 0 Å². The number of rotatable bonds is 7. The number of nitrogens with zero attached hydrogens (tertiary/aromatic N) is 1. The molecule has 0 bridgehead atoms. The monoisotopic (exact) mass is 749 g/mol. The molecule has 0 saturated heterocycles. The number of fused-ring (bicyclic) bond motifs is 5. The third-order valence-corrected chi connectivity index (χ3v) is 11.8. The molecule has 11 aromatic rings. The Morgan fingerprint density at radius 3 is 1.32 bits per heavy atom. The Bertz CT molecular complexity index is 3320. The van der Waals surface area contributed by atoms with Gasteiger partial charge in [0, 0.05) is 17.1 Å². The summed E-state index contributed by atoms with van der Waals surface area (Å²) in [5, 5.41) is 10.1. The smallest absolute Gasteiger partial charge is 0.0467 e. The zero-order valence-electron chi connectivity index (χ0n) is 32.5. The first-order chi connectivity index (χ1) is 29.2. The van der Waals surface area contributed by atoms with Crippen LogP contribution in [0.2, 0.25) is 0 Å². The molecule has 11 rings (SSSR count). The van der Waals surface area contributed by atoms with Crippen molar-refractivity contribution in [3.8, 4) is 44.5 Å². The number of hydrogen-bond donors (Lipinski definition) is 0. The highest BCUT2D eigenvalue weighted by molar-refractivity contribution is 6.12. The number of anilines is 3. The molecule has 0 aliphatic carbocycles. The Kier molecular flexibility index (Phi) is 8.56. The van der Waals surface area contributed by atoms with Crippen LogP contribution in [0.3, 0.4) is 0 Å². The van der Waals surface area contributed by atoms with Gasteiger partial charge >= 0.3 is 0 Å². The van der Waals surface area contributed by atoms with Crippen molar-refractivity contribution < 1.29 is 0 Å². The Balaban J connectivity index is 0.989. The van der Waals surface area contributed by atoms with E-state index in [0.717, 1.165) is 17.1 Å². The van der Waals surface area contributed by atoms with Crippen LogP contribution >= 0.6 is 0 Å². The van der Waals surface area contributed by atoms with Crippen LogP contribution in [0.1, 0.15) is 0 Å². The molecular weight excluding hydrogens is 711 g/mol. The fraction of sp³-hybridized carbons (Fsp3) is 0. The Labute approximate surface area is 344 Å². The van der Waals surface area contributed by atoms with Crippen molar-refractivity contribution in [2.75, 3.05) is 4.90 Å². The van der Waals surface area contributed by atoms with E-state index in [1.54, 1.807) is 0 Å². The van der Waals surface area contributed by atoms with E-state index < -0.39 is 0 Å². The maximum Gasteiger partial charge on any atom is 0.0467 e. The number of hydrogen-bond acceptors (Lipinski definition) is 1. The Morgan fingerprint density at radius 2 is 0.661 bits per heavy atom. The molecule has 0 aromatic heterocycles. The van der Waals surface area contributed by atoms with E-state index in [4.69, 9.17) is 0 Å². The lowest BCUT2D eigenvalue weighted by atomic mass is 9.94. The van der Waals surface area contributed by atoms with E-state index in [-0.39, 0.29) is 0 Å². The molecule has 59 heavy (non-hydrogen) atoms. The predicted molar refractivity (Wildman–Crippen MR) is 253 cm³/mol. The Hall–Kier alpha value is -7.74. The molecule has 0 saturated carbocycles. The molecule has 276 valence electrons. The first-order valence-electron chi connectivity index (χ1n) is 20.3. The summed E-state index contributed by atoms with van der Waals surface area (Å²) in [7, 11) is 0. The molecule has 0 spiro atoms. The van der Waals surface area contributed by atoms with E-state index in [2.05, 4.69) is 241 Å². The van der Waals surface area contributed by atoms with Crippen LogP contribution in [-0.4, -0.2) is 0 Å². The minimum atomic E-state index is 1.10. The fourth-order valence-electron chi connectivity index (χ4n) is 8.77. The average molecular weight is 750 g/mol. The van der Waals surface area contributed by atoms with Crippen molar-refractivity contribution >= 4 is 60.2 Å². The summed E-state index contributed by atoms with van der Waals surface area (Å²) >= 11 is 0. The molecule has 11 aromatic carbocycles. The molecule has 0 unspecified atom stereocenters. The lowest BCUT2D eigenvalue weighted by Gasteiger charge is -2.26. The summed E-state index contributed by atoms with van der Waals surface area (Å²) in [6.45, 7) is 0. The quantitative estimate of drug-likeness (QED) is 0.147. The van der Waals surface area contributed by atoms with E-state index in [1.165, 1.54) is 87.6 Å². The molecule has 0 N–H and O–H groups in total. The van der Waals surface area contributed by atoms with Crippen molar-refractivity contribution in [3.63, 3.8) is 0 Å². The molecular formula is C58H39N. The van der Waals surface area contributed by atoms with Crippen LogP contribution in [0.25, 0.3) is 87.6 Å². The van der Waals surface area contributed by atoms with Gasteiger partial charge < -0.3 is 4.90 Å². The molecule has 0 radical (unpaired) electrons. The highest BCUT2D eigenvalue weighted by Crippen LogP contribution is 2.41. The van der Waals surface area contributed by atoms with E-state index in [0.29, 0.717) is 0 Å². The lowest BCUT2D eigenvalue weighted by Crippen LogP contribution is -2.10. The van der Waals surface area contributed by atoms with Crippen LogP contribution < -0.4 is 4.90 Å². The summed E-state index contributed by atoms with van der Waals surface area (Å²) in [5.41, 5.74) is 12.9. The van der Waals surface area contributed by atoms with E-state index in [9.17, 15) is 0 Å². The maximum absolute atomic E-state index is 2.38. The van der Waals surface area contributed by atoms with Gasteiger partial charge in [0.2, 0.25) is 0 Å².